The minimum Gasteiger partial charge on any atom is -0.378 e. The Morgan fingerprint density at radius 1 is 1.03 bits per heavy atom. The zero-order valence-corrected chi connectivity index (χ0v) is 15.7. The molecule has 2 aromatic carbocycles. The number of carbonyl (C=O) groups is 1. The van der Waals surface area contributed by atoms with Gasteiger partial charge >= 0.3 is 5.51 Å². The van der Waals surface area contributed by atoms with E-state index in [1.54, 1.807) is 0 Å². The third kappa shape index (κ3) is 4.51. The molecule has 0 atom stereocenters. The molecule has 1 heterocycles. The Balaban J connectivity index is 1.72. The maximum atomic E-state index is 14.4. The van der Waals surface area contributed by atoms with Crippen LogP contribution in [0.4, 0.5) is 28.9 Å². The maximum Gasteiger partial charge on any atom is 0.501 e. The zero-order chi connectivity index (χ0) is 21.2. The van der Waals surface area contributed by atoms with Crippen molar-refractivity contribution in [2.75, 3.05) is 36.5 Å². The highest BCUT2D eigenvalue weighted by Gasteiger charge is 2.46. The first-order valence-corrected chi connectivity index (χ1v) is 9.93. The standard InChI is InChI=1S/C18H16F4N2O4S/c19-15-11-13(3-6-16(15)24-7-9-28-10-8-24)23-17(25)12-1-4-14(5-2-12)29(26,27)18(20,21)22/h1-6,11H,7-10H2,(H,23,25). The number of anilines is 2. The van der Waals surface area contributed by atoms with Crippen LogP contribution in [0, 0.1) is 5.82 Å². The van der Waals surface area contributed by atoms with Crippen LogP contribution in [0.3, 0.4) is 0 Å². The van der Waals surface area contributed by atoms with E-state index in [0.717, 1.165) is 18.2 Å². The summed E-state index contributed by atoms with van der Waals surface area (Å²) in [7, 11) is -5.49. The average Bonchev–Trinajstić information content (AvgIpc) is 2.68. The topological polar surface area (TPSA) is 75.7 Å². The van der Waals surface area contributed by atoms with Crippen LogP contribution in [0.25, 0.3) is 0 Å². The second kappa shape index (κ2) is 7.99. The quantitative estimate of drug-likeness (QED) is 0.751. The third-order valence-electron chi connectivity index (χ3n) is 4.29. The second-order valence-corrected chi connectivity index (χ2v) is 8.13. The molecule has 6 nitrogen and oxygen atoms in total. The Morgan fingerprint density at radius 3 is 2.21 bits per heavy atom. The number of sulfone groups is 1. The van der Waals surface area contributed by atoms with Gasteiger partial charge in [0.15, 0.2) is 0 Å². The Labute approximate surface area is 164 Å². The largest absolute Gasteiger partial charge is 0.501 e. The highest BCUT2D eigenvalue weighted by molar-refractivity contribution is 7.92. The van der Waals surface area contributed by atoms with Crippen LogP contribution >= 0.6 is 0 Å². The number of carbonyl (C=O) groups excluding carboxylic acids is 1. The Hall–Kier alpha value is -2.66. The molecule has 2 aromatic rings. The van der Waals surface area contributed by atoms with Gasteiger partial charge in [0.2, 0.25) is 0 Å². The van der Waals surface area contributed by atoms with Crippen molar-refractivity contribution in [3.63, 3.8) is 0 Å². The van der Waals surface area contributed by atoms with Gasteiger partial charge in [-0.15, -0.1) is 0 Å². The predicted octanol–water partition coefficient (Wildman–Crippen LogP) is 3.21. The normalized spacial score (nSPS) is 15.2. The van der Waals surface area contributed by atoms with Gasteiger partial charge < -0.3 is 15.0 Å². The van der Waals surface area contributed by atoms with Crippen molar-refractivity contribution in [3.8, 4) is 0 Å². The molecule has 0 spiro atoms. The van der Waals surface area contributed by atoms with E-state index in [9.17, 15) is 30.8 Å². The summed E-state index contributed by atoms with van der Waals surface area (Å²) in [4.78, 5) is 13.1. The van der Waals surface area contributed by atoms with Gasteiger partial charge in [0.05, 0.1) is 23.8 Å². The number of benzene rings is 2. The summed E-state index contributed by atoms with van der Waals surface area (Å²) in [5, 5.41) is 2.42. The van der Waals surface area contributed by atoms with E-state index in [4.69, 9.17) is 4.74 Å². The minimum absolute atomic E-state index is 0.0798. The SMILES string of the molecule is O=C(Nc1ccc(N2CCOCC2)c(F)c1)c1ccc(S(=O)(=O)C(F)(F)F)cc1. The van der Waals surface area contributed by atoms with Crippen LogP contribution in [0.15, 0.2) is 47.4 Å². The lowest BCUT2D eigenvalue weighted by Crippen LogP contribution is -2.36. The molecule has 1 saturated heterocycles. The highest BCUT2D eigenvalue weighted by Crippen LogP contribution is 2.30. The molecule has 1 aliphatic rings. The van der Waals surface area contributed by atoms with Crippen molar-refractivity contribution in [2.45, 2.75) is 10.4 Å². The van der Waals surface area contributed by atoms with Crippen LogP contribution in [0.1, 0.15) is 10.4 Å². The van der Waals surface area contributed by atoms with Gasteiger partial charge in [-0.3, -0.25) is 4.79 Å². The van der Waals surface area contributed by atoms with Crippen molar-refractivity contribution >= 4 is 27.1 Å². The first-order chi connectivity index (χ1) is 13.6. The number of morpholine rings is 1. The lowest BCUT2D eigenvalue weighted by atomic mass is 10.2. The molecule has 156 valence electrons. The fourth-order valence-electron chi connectivity index (χ4n) is 2.77. The number of alkyl halides is 3. The van der Waals surface area contributed by atoms with E-state index < -0.39 is 32.0 Å². The summed E-state index contributed by atoms with van der Waals surface area (Å²) in [6, 6.07) is 7.42. The second-order valence-electron chi connectivity index (χ2n) is 6.19. The van der Waals surface area contributed by atoms with Crippen LogP contribution in [-0.4, -0.2) is 46.1 Å². The molecule has 1 aliphatic heterocycles. The first kappa shape index (κ1) is 21.1. The van der Waals surface area contributed by atoms with E-state index >= 15 is 0 Å². The van der Waals surface area contributed by atoms with Gasteiger partial charge in [0.1, 0.15) is 5.82 Å². The molecule has 1 fully saturated rings. The number of rotatable bonds is 4. The molecule has 1 N–H and O–H groups in total. The summed E-state index contributed by atoms with van der Waals surface area (Å²) in [5.74, 6) is -1.27. The van der Waals surface area contributed by atoms with E-state index in [1.165, 1.54) is 12.1 Å². The molecule has 0 saturated carbocycles. The molecule has 3 rings (SSSR count). The molecule has 11 heteroatoms. The van der Waals surface area contributed by atoms with Crippen molar-refractivity contribution < 1.29 is 35.5 Å². The van der Waals surface area contributed by atoms with E-state index in [-0.39, 0.29) is 11.3 Å². The maximum absolute atomic E-state index is 14.4. The molecular weight excluding hydrogens is 416 g/mol. The minimum atomic E-state index is -5.49. The van der Waals surface area contributed by atoms with Crippen molar-refractivity contribution in [3.05, 3.63) is 53.8 Å². The first-order valence-electron chi connectivity index (χ1n) is 8.44. The Kier molecular flexibility index (Phi) is 5.80. The molecule has 29 heavy (non-hydrogen) atoms. The number of hydrogen-bond acceptors (Lipinski definition) is 5. The van der Waals surface area contributed by atoms with Crippen molar-refractivity contribution in [1.29, 1.82) is 0 Å². The number of ether oxygens (including phenoxy) is 1. The van der Waals surface area contributed by atoms with Crippen LogP contribution in [-0.2, 0) is 14.6 Å². The average molecular weight is 432 g/mol. The summed E-state index contributed by atoms with van der Waals surface area (Å²) in [6.45, 7) is 2.04. The van der Waals surface area contributed by atoms with Gasteiger partial charge in [-0.05, 0) is 42.5 Å². The molecule has 0 radical (unpaired) electrons. The van der Waals surface area contributed by atoms with Gasteiger partial charge in [0.25, 0.3) is 15.7 Å². The third-order valence-corrected chi connectivity index (χ3v) is 5.79. The Morgan fingerprint density at radius 2 is 1.66 bits per heavy atom. The summed E-state index contributed by atoms with van der Waals surface area (Å²) in [6.07, 6.45) is 0. The number of nitrogens with one attached hydrogen (secondary N) is 1. The fraction of sp³-hybridized carbons (Fsp3) is 0.278. The van der Waals surface area contributed by atoms with E-state index in [2.05, 4.69) is 5.32 Å². The van der Waals surface area contributed by atoms with Gasteiger partial charge in [-0.25, -0.2) is 12.8 Å². The monoisotopic (exact) mass is 432 g/mol. The lowest BCUT2D eigenvalue weighted by Gasteiger charge is -2.29. The lowest BCUT2D eigenvalue weighted by molar-refractivity contribution is -0.0436. The Bertz CT molecular complexity index is 1000. The number of hydrogen-bond donors (Lipinski definition) is 1. The van der Waals surface area contributed by atoms with Gasteiger partial charge in [0, 0.05) is 24.3 Å². The van der Waals surface area contributed by atoms with Gasteiger partial charge in [-0.1, -0.05) is 0 Å². The van der Waals surface area contributed by atoms with Crippen molar-refractivity contribution in [2.24, 2.45) is 0 Å². The number of halogens is 4. The zero-order valence-electron chi connectivity index (χ0n) is 14.9. The van der Waals surface area contributed by atoms with E-state index in [0.29, 0.717) is 44.1 Å². The number of amides is 1. The van der Waals surface area contributed by atoms with Crippen molar-refractivity contribution in [1.82, 2.24) is 0 Å². The highest BCUT2D eigenvalue weighted by atomic mass is 32.2. The molecule has 1 amide bonds. The van der Waals surface area contributed by atoms with E-state index in [1.807, 2.05) is 4.90 Å². The van der Waals surface area contributed by atoms with Crippen LogP contribution in [0.2, 0.25) is 0 Å². The van der Waals surface area contributed by atoms with Gasteiger partial charge in [-0.2, -0.15) is 13.2 Å². The summed E-state index contributed by atoms with van der Waals surface area (Å²) >= 11 is 0. The molecule has 0 aromatic heterocycles. The van der Waals surface area contributed by atoms with Crippen LogP contribution in [0.5, 0.6) is 0 Å². The summed E-state index contributed by atoms with van der Waals surface area (Å²) < 4.78 is 80.0. The number of nitrogens with zero attached hydrogens (tertiary/aromatic N) is 1. The molecule has 0 unspecified atom stereocenters. The molecule has 0 aliphatic carbocycles. The fourth-order valence-corrected chi connectivity index (χ4v) is 3.53. The predicted molar refractivity (Wildman–Crippen MR) is 97.1 cm³/mol. The van der Waals surface area contributed by atoms with Crippen LogP contribution < -0.4 is 10.2 Å². The summed E-state index contributed by atoms with van der Waals surface area (Å²) in [5.41, 5.74) is -5.00. The molecular formula is C18H16F4N2O4S. The smallest absolute Gasteiger partial charge is 0.378 e. The molecule has 0 bridgehead atoms.